The third-order valence-corrected chi connectivity index (χ3v) is 5.53. The fraction of sp³-hybridized carbons (Fsp3) is 0.556. The molecule has 1 aliphatic heterocycles. The van der Waals surface area contributed by atoms with Crippen molar-refractivity contribution in [2.24, 2.45) is 0 Å². The first-order chi connectivity index (χ1) is 12.2. The maximum Gasteiger partial charge on any atom is 0.408 e. The number of carboxylic acid groups (broad SMARTS) is 1. The molecule has 1 heterocycles. The first-order valence-corrected chi connectivity index (χ1v) is 10.1. The average Bonchev–Trinajstić information content (AvgIpc) is 2.58. The fourth-order valence-corrected chi connectivity index (χ4v) is 3.84. The SMILES string of the molecule is CC(C)(C)N(Cc1ccc(Cl)cc1CNC(=O)C1CSCCN1)C(=O)O. The zero-order valence-electron chi connectivity index (χ0n) is 15.3. The Bertz CT molecular complexity index is 658. The van der Waals surface area contributed by atoms with E-state index < -0.39 is 11.6 Å². The normalized spacial score (nSPS) is 17.6. The molecule has 2 rings (SSSR count). The molecular weight excluding hydrogens is 374 g/mol. The summed E-state index contributed by atoms with van der Waals surface area (Å²) >= 11 is 7.87. The molecule has 144 valence electrons. The Labute approximate surface area is 163 Å². The number of halogens is 1. The number of amides is 2. The van der Waals surface area contributed by atoms with E-state index in [1.165, 1.54) is 4.90 Å². The third-order valence-electron chi connectivity index (χ3n) is 4.23. The van der Waals surface area contributed by atoms with Crippen LogP contribution in [-0.4, -0.2) is 51.6 Å². The summed E-state index contributed by atoms with van der Waals surface area (Å²) in [5, 5.41) is 16.2. The Balaban J connectivity index is 2.11. The van der Waals surface area contributed by atoms with Gasteiger partial charge in [-0.15, -0.1) is 0 Å². The van der Waals surface area contributed by atoms with Gasteiger partial charge in [0.25, 0.3) is 0 Å². The van der Waals surface area contributed by atoms with Crippen molar-refractivity contribution in [3.63, 3.8) is 0 Å². The molecule has 1 aromatic carbocycles. The topological polar surface area (TPSA) is 81.7 Å². The zero-order valence-corrected chi connectivity index (χ0v) is 16.9. The summed E-state index contributed by atoms with van der Waals surface area (Å²) in [4.78, 5) is 25.3. The Kier molecular flexibility index (Phi) is 7.20. The van der Waals surface area contributed by atoms with Crippen molar-refractivity contribution in [1.29, 1.82) is 0 Å². The van der Waals surface area contributed by atoms with Gasteiger partial charge in [-0.3, -0.25) is 9.69 Å². The summed E-state index contributed by atoms with van der Waals surface area (Å²) < 4.78 is 0. The van der Waals surface area contributed by atoms with Gasteiger partial charge in [-0.25, -0.2) is 4.79 Å². The molecule has 1 unspecified atom stereocenters. The van der Waals surface area contributed by atoms with Crippen molar-refractivity contribution in [1.82, 2.24) is 15.5 Å². The maximum atomic E-state index is 12.3. The van der Waals surface area contributed by atoms with E-state index in [4.69, 9.17) is 11.6 Å². The number of carbonyl (C=O) groups excluding carboxylic acids is 1. The molecule has 0 radical (unpaired) electrons. The minimum Gasteiger partial charge on any atom is -0.465 e. The first kappa shape index (κ1) is 20.9. The number of thioether (sulfide) groups is 1. The van der Waals surface area contributed by atoms with Crippen molar-refractivity contribution in [3.8, 4) is 0 Å². The smallest absolute Gasteiger partial charge is 0.408 e. The summed E-state index contributed by atoms with van der Waals surface area (Å²) in [5.41, 5.74) is 1.12. The van der Waals surface area contributed by atoms with E-state index in [9.17, 15) is 14.7 Å². The molecule has 0 aromatic heterocycles. The van der Waals surface area contributed by atoms with Crippen LogP contribution in [-0.2, 0) is 17.9 Å². The average molecular weight is 400 g/mol. The van der Waals surface area contributed by atoms with Gasteiger partial charge in [0.2, 0.25) is 5.91 Å². The van der Waals surface area contributed by atoms with E-state index in [0.29, 0.717) is 11.6 Å². The van der Waals surface area contributed by atoms with Gasteiger partial charge in [0.15, 0.2) is 0 Å². The summed E-state index contributed by atoms with van der Waals surface area (Å²) in [5.74, 6) is 1.72. The van der Waals surface area contributed by atoms with Crippen LogP contribution in [0.3, 0.4) is 0 Å². The Morgan fingerprint density at radius 3 is 2.69 bits per heavy atom. The van der Waals surface area contributed by atoms with Crippen LogP contribution in [0.1, 0.15) is 31.9 Å². The number of rotatable bonds is 5. The molecule has 2 amide bonds. The van der Waals surface area contributed by atoms with Crippen LogP contribution >= 0.6 is 23.4 Å². The lowest BCUT2D eigenvalue weighted by molar-refractivity contribution is -0.122. The number of nitrogens with one attached hydrogen (secondary N) is 2. The molecular formula is C18H26ClN3O3S. The van der Waals surface area contributed by atoms with Crippen LogP contribution in [0.15, 0.2) is 18.2 Å². The van der Waals surface area contributed by atoms with Gasteiger partial charge in [-0.05, 0) is 44.0 Å². The highest BCUT2D eigenvalue weighted by Crippen LogP contribution is 2.22. The highest BCUT2D eigenvalue weighted by Gasteiger charge is 2.27. The fourth-order valence-electron chi connectivity index (χ4n) is 2.71. The summed E-state index contributed by atoms with van der Waals surface area (Å²) in [6.07, 6.45) is -0.981. The van der Waals surface area contributed by atoms with Gasteiger partial charge < -0.3 is 15.7 Å². The summed E-state index contributed by atoms with van der Waals surface area (Å²) in [6.45, 7) is 6.93. The molecule has 6 nitrogen and oxygen atoms in total. The molecule has 1 saturated heterocycles. The number of nitrogens with zero attached hydrogens (tertiary/aromatic N) is 1. The Morgan fingerprint density at radius 1 is 1.38 bits per heavy atom. The standard InChI is InChI=1S/C18H26ClN3O3S/c1-18(2,3)22(17(24)25)10-12-4-5-14(19)8-13(12)9-21-16(23)15-11-26-7-6-20-15/h4-5,8,15,20H,6-7,9-11H2,1-3H3,(H,21,23)(H,24,25). The van der Waals surface area contributed by atoms with Crippen LogP contribution in [0.5, 0.6) is 0 Å². The molecule has 1 fully saturated rings. The molecule has 26 heavy (non-hydrogen) atoms. The van der Waals surface area contributed by atoms with Gasteiger partial charge in [0.05, 0.1) is 6.04 Å². The molecule has 0 aliphatic carbocycles. The largest absolute Gasteiger partial charge is 0.465 e. The lowest BCUT2D eigenvalue weighted by Gasteiger charge is -2.33. The van der Waals surface area contributed by atoms with E-state index in [0.717, 1.165) is 29.2 Å². The van der Waals surface area contributed by atoms with E-state index in [2.05, 4.69) is 10.6 Å². The minimum atomic E-state index is -0.981. The van der Waals surface area contributed by atoms with Gasteiger partial charge >= 0.3 is 6.09 Å². The van der Waals surface area contributed by atoms with Crippen LogP contribution in [0.2, 0.25) is 5.02 Å². The highest BCUT2D eigenvalue weighted by atomic mass is 35.5. The zero-order chi connectivity index (χ0) is 19.3. The van der Waals surface area contributed by atoms with E-state index in [1.54, 1.807) is 23.9 Å². The van der Waals surface area contributed by atoms with Gasteiger partial charge in [-0.2, -0.15) is 11.8 Å². The van der Waals surface area contributed by atoms with Crippen molar-refractivity contribution >= 4 is 35.4 Å². The molecule has 8 heteroatoms. The van der Waals surface area contributed by atoms with E-state index in [1.807, 2.05) is 26.8 Å². The molecule has 0 saturated carbocycles. The van der Waals surface area contributed by atoms with Gasteiger partial charge in [0.1, 0.15) is 0 Å². The second-order valence-electron chi connectivity index (χ2n) is 7.25. The quantitative estimate of drug-likeness (QED) is 0.709. The van der Waals surface area contributed by atoms with Crippen molar-refractivity contribution in [2.45, 2.75) is 45.4 Å². The van der Waals surface area contributed by atoms with E-state index >= 15 is 0 Å². The lowest BCUT2D eigenvalue weighted by Crippen LogP contribution is -2.48. The molecule has 0 spiro atoms. The van der Waals surface area contributed by atoms with Crippen molar-refractivity contribution in [3.05, 3.63) is 34.3 Å². The lowest BCUT2D eigenvalue weighted by atomic mass is 10.0. The second kappa shape index (κ2) is 8.97. The molecule has 3 N–H and O–H groups in total. The third kappa shape index (κ3) is 5.79. The maximum absolute atomic E-state index is 12.3. The molecule has 1 atom stereocenters. The van der Waals surface area contributed by atoms with Gasteiger partial charge in [-0.1, -0.05) is 17.7 Å². The molecule has 0 bridgehead atoms. The number of hydrogen-bond acceptors (Lipinski definition) is 4. The predicted molar refractivity (Wildman–Crippen MR) is 106 cm³/mol. The summed E-state index contributed by atoms with van der Waals surface area (Å²) in [7, 11) is 0. The predicted octanol–water partition coefficient (Wildman–Crippen LogP) is 2.94. The Morgan fingerprint density at radius 2 is 2.12 bits per heavy atom. The molecule has 1 aromatic rings. The van der Waals surface area contributed by atoms with Crippen LogP contribution in [0.25, 0.3) is 0 Å². The first-order valence-electron chi connectivity index (χ1n) is 8.55. The van der Waals surface area contributed by atoms with Crippen LogP contribution in [0.4, 0.5) is 4.79 Å². The van der Waals surface area contributed by atoms with E-state index in [-0.39, 0.29) is 18.5 Å². The highest BCUT2D eigenvalue weighted by molar-refractivity contribution is 7.99. The van der Waals surface area contributed by atoms with Crippen LogP contribution in [0, 0.1) is 0 Å². The minimum absolute atomic E-state index is 0.0472. The van der Waals surface area contributed by atoms with Crippen molar-refractivity contribution in [2.75, 3.05) is 18.1 Å². The second-order valence-corrected chi connectivity index (χ2v) is 8.84. The monoisotopic (exact) mass is 399 g/mol. The molecule has 1 aliphatic rings. The summed E-state index contributed by atoms with van der Waals surface area (Å²) in [6, 6.07) is 5.15. The number of carbonyl (C=O) groups is 2. The van der Waals surface area contributed by atoms with Crippen molar-refractivity contribution < 1.29 is 14.7 Å². The van der Waals surface area contributed by atoms with Gasteiger partial charge in [0, 0.05) is 41.7 Å². The number of benzene rings is 1. The van der Waals surface area contributed by atoms with Crippen LogP contribution < -0.4 is 10.6 Å². The Hall–Kier alpha value is -1.44. The number of hydrogen-bond donors (Lipinski definition) is 3.